The molecule has 0 bridgehead atoms. The molecule has 0 saturated heterocycles. The molecular formula is C12H22Cl2CoN4-. The van der Waals surface area contributed by atoms with Crippen molar-refractivity contribution in [2.75, 3.05) is 39.3 Å². The van der Waals surface area contributed by atoms with Crippen molar-refractivity contribution in [2.24, 2.45) is 9.98 Å². The Labute approximate surface area is 131 Å². The van der Waals surface area contributed by atoms with Gasteiger partial charge in [-0.15, -0.1) is 13.1 Å². The van der Waals surface area contributed by atoms with Crippen LogP contribution in [0, 0.1) is 0 Å². The minimum absolute atomic E-state index is 0.382. The zero-order valence-electron chi connectivity index (χ0n) is 11.5. The maximum atomic E-state index is 4.73. The summed E-state index contributed by atoms with van der Waals surface area (Å²) < 4.78 is 0. The van der Waals surface area contributed by atoms with Crippen molar-refractivity contribution in [3.05, 3.63) is 10.6 Å². The van der Waals surface area contributed by atoms with Gasteiger partial charge in [0.05, 0.1) is 11.4 Å². The summed E-state index contributed by atoms with van der Waals surface area (Å²) >= 11 is 0.382. The number of hydrogen-bond donors (Lipinski definition) is 0. The molecule has 7 heteroatoms. The average Bonchev–Trinajstić information content (AvgIpc) is 2.39. The van der Waals surface area contributed by atoms with Crippen LogP contribution in [-0.4, -0.2) is 50.7 Å². The van der Waals surface area contributed by atoms with Gasteiger partial charge in [-0.05, 0) is 13.8 Å². The first-order valence-corrected chi connectivity index (χ1v) is 9.21. The van der Waals surface area contributed by atoms with Crippen LogP contribution in [0.5, 0.6) is 0 Å². The molecule has 1 aliphatic heterocycles. The Kier molecular flexibility index (Phi) is 15.0. The Hall–Kier alpha value is 0.346. The van der Waals surface area contributed by atoms with Crippen molar-refractivity contribution >= 4 is 31.7 Å². The Morgan fingerprint density at radius 3 is 1.58 bits per heavy atom. The third-order valence-electron chi connectivity index (χ3n) is 2.59. The summed E-state index contributed by atoms with van der Waals surface area (Å²) in [6.07, 6.45) is 2.06. The molecule has 0 aromatic heterocycles. The molecular weight excluding hydrogens is 330 g/mol. The Morgan fingerprint density at radius 1 is 0.842 bits per heavy atom. The molecule has 0 saturated carbocycles. The Morgan fingerprint density at radius 2 is 1.21 bits per heavy atom. The van der Waals surface area contributed by atoms with Gasteiger partial charge in [0.1, 0.15) is 0 Å². The number of nitrogens with zero attached hydrogens (tertiary/aromatic N) is 4. The molecule has 19 heavy (non-hydrogen) atoms. The molecule has 114 valence electrons. The second kappa shape index (κ2) is 14.7. The Bertz CT molecular complexity index is 246. The normalized spacial score (nSPS) is 19.6. The third kappa shape index (κ3) is 13.1. The van der Waals surface area contributed by atoms with Crippen molar-refractivity contribution in [2.45, 2.75) is 26.7 Å². The van der Waals surface area contributed by atoms with Crippen LogP contribution < -0.4 is 0 Å². The summed E-state index contributed by atoms with van der Waals surface area (Å²) in [6, 6.07) is 0. The molecule has 0 fully saturated rings. The molecule has 1 rings (SSSR count). The van der Waals surface area contributed by atoms with Gasteiger partial charge in [0, 0.05) is 13.1 Å². The van der Waals surface area contributed by atoms with Crippen LogP contribution in [0.4, 0.5) is 0 Å². The fourth-order valence-corrected chi connectivity index (χ4v) is 1.45. The first kappa shape index (κ1) is 19.3. The number of rotatable bonds is 0. The SMILES string of the molecule is CC1=NCCC[N-]CC[N-]CCCN=C1C.[Cl][Co+][Cl]. The molecule has 0 aromatic rings. The van der Waals surface area contributed by atoms with Crippen LogP contribution in [0.1, 0.15) is 26.7 Å². The summed E-state index contributed by atoms with van der Waals surface area (Å²) in [7, 11) is 9.47. The molecule has 0 unspecified atom stereocenters. The summed E-state index contributed by atoms with van der Waals surface area (Å²) in [5, 5.41) is 8.82. The summed E-state index contributed by atoms with van der Waals surface area (Å²) in [4.78, 5) is 8.99. The van der Waals surface area contributed by atoms with E-state index >= 15 is 0 Å². The predicted octanol–water partition coefficient (Wildman–Crippen LogP) is 3.83. The van der Waals surface area contributed by atoms with Crippen molar-refractivity contribution in [3.8, 4) is 0 Å². The van der Waals surface area contributed by atoms with E-state index in [9.17, 15) is 0 Å². The van der Waals surface area contributed by atoms with Crippen molar-refractivity contribution in [1.29, 1.82) is 0 Å². The van der Waals surface area contributed by atoms with Crippen LogP contribution in [0.2, 0.25) is 0 Å². The molecule has 0 spiro atoms. The van der Waals surface area contributed by atoms with Gasteiger partial charge in [0.2, 0.25) is 0 Å². The summed E-state index contributed by atoms with van der Waals surface area (Å²) in [5.74, 6) is 0. The first-order chi connectivity index (χ1) is 9.22. The number of aliphatic imine (C=N–C) groups is 2. The molecule has 1 heterocycles. The summed E-state index contributed by atoms with van der Waals surface area (Å²) in [6.45, 7) is 9.33. The molecule has 0 aliphatic carbocycles. The fraction of sp³-hybridized carbons (Fsp3) is 0.833. The maximum absolute atomic E-state index is 4.73. The van der Waals surface area contributed by atoms with Gasteiger partial charge in [-0.3, -0.25) is 9.98 Å². The zero-order valence-corrected chi connectivity index (χ0v) is 14.1. The fourth-order valence-electron chi connectivity index (χ4n) is 1.45. The zero-order chi connectivity index (χ0) is 14.3. The van der Waals surface area contributed by atoms with Gasteiger partial charge in [-0.2, -0.15) is 13.1 Å². The van der Waals surface area contributed by atoms with E-state index in [1.54, 1.807) is 0 Å². The molecule has 4 nitrogen and oxygen atoms in total. The van der Waals surface area contributed by atoms with E-state index in [2.05, 4.69) is 20.6 Å². The van der Waals surface area contributed by atoms with Crippen molar-refractivity contribution < 1.29 is 12.9 Å². The van der Waals surface area contributed by atoms with E-state index in [1.165, 1.54) is 0 Å². The topological polar surface area (TPSA) is 52.9 Å². The van der Waals surface area contributed by atoms with E-state index in [0.717, 1.165) is 63.5 Å². The first-order valence-electron chi connectivity index (χ1n) is 6.35. The monoisotopic (exact) mass is 351 g/mol. The van der Waals surface area contributed by atoms with Crippen LogP contribution in [0.25, 0.3) is 10.6 Å². The average molecular weight is 352 g/mol. The second-order valence-corrected chi connectivity index (χ2v) is 5.75. The van der Waals surface area contributed by atoms with Crippen LogP contribution in [0.3, 0.4) is 0 Å². The van der Waals surface area contributed by atoms with E-state index in [-0.39, 0.29) is 0 Å². The van der Waals surface area contributed by atoms with E-state index in [0.29, 0.717) is 12.9 Å². The van der Waals surface area contributed by atoms with E-state index in [4.69, 9.17) is 20.3 Å². The third-order valence-corrected chi connectivity index (χ3v) is 2.59. The molecule has 0 N–H and O–H groups in total. The molecule has 0 radical (unpaired) electrons. The van der Waals surface area contributed by atoms with Crippen LogP contribution >= 0.6 is 20.3 Å². The summed E-state index contributed by atoms with van der Waals surface area (Å²) in [5.41, 5.74) is 2.13. The quantitative estimate of drug-likeness (QED) is 0.636. The number of hydrogen-bond acceptors (Lipinski definition) is 2. The van der Waals surface area contributed by atoms with Gasteiger partial charge < -0.3 is 10.6 Å². The molecule has 0 aromatic carbocycles. The van der Waals surface area contributed by atoms with E-state index in [1.807, 2.05) is 13.8 Å². The molecule has 0 atom stereocenters. The second-order valence-electron chi connectivity index (χ2n) is 4.03. The van der Waals surface area contributed by atoms with Gasteiger partial charge >= 0.3 is 33.2 Å². The van der Waals surface area contributed by atoms with Gasteiger partial charge in [-0.25, -0.2) is 0 Å². The van der Waals surface area contributed by atoms with Gasteiger partial charge in [0.15, 0.2) is 0 Å². The minimum atomic E-state index is 0.382. The molecule has 1 aliphatic rings. The standard InChI is InChI=1S/C12H22N4.2ClH.Co/c1-11-12(2)16-8-4-6-14-10-9-13-5-3-7-15-11;;;/h3-10H2,1-2H3;2*1H;/q-2;;;+3/p-2. The molecule has 0 amide bonds. The number of halogens is 2. The van der Waals surface area contributed by atoms with Crippen LogP contribution in [-0.2, 0) is 12.9 Å². The van der Waals surface area contributed by atoms with E-state index < -0.39 is 0 Å². The predicted molar refractivity (Wildman–Crippen MR) is 83.1 cm³/mol. The Balaban J connectivity index is 0.000000982. The van der Waals surface area contributed by atoms with Crippen LogP contribution in [0.15, 0.2) is 9.98 Å². The van der Waals surface area contributed by atoms with Gasteiger partial charge in [0.25, 0.3) is 0 Å². The van der Waals surface area contributed by atoms with Crippen molar-refractivity contribution in [3.63, 3.8) is 0 Å². The van der Waals surface area contributed by atoms with Crippen molar-refractivity contribution in [1.82, 2.24) is 0 Å². The van der Waals surface area contributed by atoms with Gasteiger partial charge in [-0.1, -0.05) is 12.8 Å².